The number of carbonyl (C=O) groups excluding carboxylic acids is 1. The maximum atomic E-state index is 13.0. The van der Waals surface area contributed by atoms with Crippen molar-refractivity contribution < 1.29 is 26.7 Å². The minimum atomic E-state index is -4.88. The molecule has 1 aromatic carbocycles. The normalized spacial score (nSPS) is 12.6. The van der Waals surface area contributed by atoms with Crippen LogP contribution < -0.4 is 5.32 Å². The summed E-state index contributed by atoms with van der Waals surface area (Å²) in [7, 11) is 0. The molecule has 1 N–H and O–H groups in total. The lowest BCUT2D eigenvalue weighted by molar-refractivity contribution is -0.137. The highest BCUT2D eigenvalue weighted by atomic mass is 19.4. The van der Waals surface area contributed by atoms with Crippen molar-refractivity contribution in [2.45, 2.75) is 25.6 Å². The molecule has 1 amide bonds. The van der Waals surface area contributed by atoms with Gasteiger partial charge in [-0.05, 0) is 25.1 Å². The van der Waals surface area contributed by atoms with E-state index in [1.54, 1.807) is 0 Å². The van der Waals surface area contributed by atoms with Crippen LogP contribution >= 0.6 is 0 Å². The molecular formula is C19H14F5N5O. The highest BCUT2D eigenvalue weighted by Gasteiger charge is 2.33. The van der Waals surface area contributed by atoms with Crippen molar-refractivity contribution in [1.29, 1.82) is 0 Å². The van der Waals surface area contributed by atoms with Crippen LogP contribution in [0.3, 0.4) is 0 Å². The molecule has 3 aromatic rings. The van der Waals surface area contributed by atoms with Gasteiger partial charge in [-0.3, -0.25) is 24.7 Å². The van der Waals surface area contributed by atoms with Gasteiger partial charge in [-0.25, -0.2) is 8.78 Å². The number of carbonyl (C=O) groups is 1. The van der Waals surface area contributed by atoms with E-state index in [-0.39, 0.29) is 5.69 Å². The first-order chi connectivity index (χ1) is 14.2. The van der Waals surface area contributed by atoms with Gasteiger partial charge < -0.3 is 5.32 Å². The third-order valence-corrected chi connectivity index (χ3v) is 4.09. The molecule has 0 aliphatic carbocycles. The summed E-state index contributed by atoms with van der Waals surface area (Å²) in [6, 6.07) is 0.753. The van der Waals surface area contributed by atoms with Gasteiger partial charge >= 0.3 is 6.18 Å². The molecule has 0 radical (unpaired) electrons. The Morgan fingerprint density at radius 3 is 2.33 bits per heavy atom. The Labute approximate surface area is 167 Å². The van der Waals surface area contributed by atoms with Crippen LogP contribution in [0.2, 0.25) is 0 Å². The molecule has 0 aliphatic rings. The van der Waals surface area contributed by atoms with E-state index in [1.165, 1.54) is 37.9 Å². The van der Waals surface area contributed by atoms with Crippen molar-refractivity contribution in [3.8, 4) is 11.4 Å². The average Bonchev–Trinajstić information content (AvgIpc) is 2.73. The summed E-state index contributed by atoms with van der Waals surface area (Å²) < 4.78 is 65.1. The van der Waals surface area contributed by atoms with Crippen molar-refractivity contribution in [2.24, 2.45) is 0 Å². The van der Waals surface area contributed by atoms with Crippen molar-refractivity contribution in [2.75, 3.05) is 0 Å². The molecule has 0 saturated heterocycles. The fourth-order valence-electron chi connectivity index (χ4n) is 2.71. The second-order valence-electron chi connectivity index (χ2n) is 6.22. The van der Waals surface area contributed by atoms with Gasteiger partial charge in [0.1, 0.15) is 11.4 Å². The Balaban J connectivity index is 1.91. The van der Waals surface area contributed by atoms with Gasteiger partial charge in [-0.1, -0.05) is 0 Å². The topological polar surface area (TPSA) is 80.7 Å². The largest absolute Gasteiger partial charge is 0.416 e. The second-order valence-corrected chi connectivity index (χ2v) is 6.22. The molecule has 0 bridgehead atoms. The van der Waals surface area contributed by atoms with Crippen LogP contribution in [0, 0.1) is 0 Å². The van der Waals surface area contributed by atoms with Gasteiger partial charge in [-0.2, -0.15) is 13.2 Å². The van der Waals surface area contributed by atoms with Crippen LogP contribution in [-0.4, -0.2) is 25.8 Å². The van der Waals surface area contributed by atoms with E-state index >= 15 is 0 Å². The highest BCUT2D eigenvalue weighted by Crippen LogP contribution is 2.33. The lowest BCUT2D eigenvalue weighted by atomic mass is 10.0. The number of rotatable bonds is 5. The fraction of sp³-hybridized carbons (Fsp3) is 0.211. The summed E-state index contributed by atoms with van der Waals surface area (Å²) in [5, 5.41) is 2.47. The van der Waals surface area contributed by atoms with Crippen LogP contribution in [0.25, 0.3) is 11.4 Å². The van der Waals surface area contributed by atoms with Crippen LogP contribution in [0.5, 0.6) is 0 Å². The van der Waals surface area contributed by atoms with E-state index < -0.39 is 41.2 Å². The Kier molecular flexibility index (Phi) is 5.99. The van der Waals surface area contributed by atoms with Crippen LogP contribution in [0.15, 0.2) is 49.2 Å². The first-order valence-corrected chi connectivity index (χ1v) is 8.55. The van der Waals surface area contributed by atoms with Gasteiger partial charge in [0, 0.05) is 35.9 Å². The molecule has 30 heavy (non-hydrogen) atoms. The van der Waals surface area contributed by atoms with Crippen molar-refractivity contribution >= 4 is 5.91 Å². The van der Waals surface area contributed by atoms with Crippen LogP contribution in [-0.2, 0) is 6.18 Å². The zero-order valence-electron chi connectivity index (χ0n) is 15.4. The third-order valence-electron chi connectivity index (χ3n) is 4.09. The molecule has 1 unspecified atom stereocenters. The summed E-state index contributed by atoms with van der Waals surface area (Å²) in [5.41, 5.74) is -1.80. The summed E-state index contributed by atoms with van der Waals surface area (Å²) in [6.07, 6.45) is -0.940. The maximum Gasteiger partial charge on any atom is 0.416 e. The van der Waals surface area contributed by atoms with E-state index in [4.69, 9.17) is 0 Å². The number of hydrogen-bond donors (Lipinski definition) is 1. The summed E-state index contributed by atoms with van der Waals surface area (Å²) >= 11 is 0. The van der Waals surface area contributed by atoms with Gasteiger partial charge in [0.2, 0.25) is 0 Å². The lowest BCUT2D eigenvalue weighted by Crippen LogP contribution is -2.28. The monoisotopic (exact) mass is 423 g/mol. The molecule has 0 saturated carbocycles. The predicted octanol–water partition coefficient (Wildman–Crippen LogP) is 4.38. The average molecular weight is 423 g/mol. The third kappa shape index (κ3) is 4.73. The number of alkyl halides is 5. The van der Waals surface area contributed by atoms with E-state index in [1.807, 2.05) is 0 Å². The Morgan fingerprint density at radius 2 is 1.70 bits per heavy atom. The lowest BCUT2D eigenvalue weighted by Gasteiger charge is -2.17. The predicted molar refractivity (Wildman–Crippen MR) is 95.3 cm³/mol. The molecule has 0 spiro atoms. The fourth-order valence-corrected chi connectivity index (χ4v) is 2.71. The smallest absolute Gasteiger partial charge is 0.344 e. The minimum absolute atomic E-state index is 0.285. The molecule has 3 rings (SSSR count). The number of aromatic nitrogens is 4. The van der Waals surface area contributed by atoms with E-state index in [0.29, 0.717) is 23.5 Å². The Bertz CT molecular complexity index is 1040. The molecular weight excluding hydrogens is 409 g/mol. The summed E-state index contributed by atoms with van der Waals surface area (Å²) in [4.78, 5) is 28.9. The molecule has 1 atom stereocenters. The zero-order chi connectivity index (χ0) is 21.9. The molecule has 0 aliphatic heterocycles. The second kappa shape index (κ2) is 8.47. The first kappa shape index (κ1) is 21.2. The number of nitrogens with one attached hydrogen (secondary N) is 1. The molecule has 2 aromatic heterocycles. The molecule has 2 heterocycles. The van der Waals surface area contributed by atoms with Crippen molar-refractivity contribution in [3.05, 3.63) is 71.6 Å². The minimum Gasteiger partial charge on any atom is -0.344 e. The van der Waals surface area contributed by atoms with Gasteiger partial charge in [0.15, 0.2) is 0 Å². The van der Waals surface area contributed by atoms with Gasteiger partial charge in [0.05, 0.1) is 23.5 Å². The Hall–Kier alpha value is -3.50. The van der Waals surface area contributed by atoms with Crippen LogP contribution in [0.1, 0.15) is 46.6 Å². The summed E-state index contributed by atoms with van der Waals surface area (Å²) in [5.74, 6) is -0.966. The molecule has 156 valence electrons. The van der Waals surface area contributed by atoms with E-state index in [2.05, 4.69) is 25.3 Å². The quantitative estimate of drug-likeness (QED) is 0.616. The highest BCUT2D eigenvalue weighted by molar-refractivity contribution is 5.95. The number of benzene rings is 1. The molecule has 11 heteroatoms. The summed E-state index contributed by atoms with van der Waals surface area (Å²) in [6.45, 7) is 1.53. The van der Waals surface area contributed by atoms with Gasteiger partial charge in [0.25, 0.3) is 12.3 Å². The molecule has 6 nitrogen and oxygen atoms in total. The van der Waals surface area contributed by atoms with E-state index in [9.17, 15) is 26.7 Å². The van der Waals surface area contributed by atoms with Gasteiger partial charge in [-0.15, -0.1) is 0 Å². The molecule has 0 fully saturated rings. The number of hydrogen-bond acceptors (Lipinski definition) is 5. The zero-order valence-corrected chi connectivity index (χ0v) is 15.4. The SMILES string of the molecule is CC(NC(=O)c1cc(C(F)F)cc(C(F)(F)F)c1)c1nccnc1-c1cnccn1. The number of amides is 1. The first-order valence-electron chi connectivity index (χ1n) is 8.55. The Morgan fingerprint density at radius 1 is 1.00 bits per heavy atom. The maximum absolute atomic E-state index is 13.0. The standard InChI is InChI=1S/C19H14F5N5O/c1-10(15-16(28-5-4-27-15)14-9-25-2-3-26-14)29-18(30)12-6-11(17(20)21)7-13(8-12)19(22,23)24/h2-10,17H,1H3,(H,29,30). The number of halogens is 5. The van der Waals surface area contributed by atoms with Crippen molar-refractivity contribution in [3.63, 3.8) is 0 Å². The number of nitrogens with zero attached hydrogens (tertiary/aromatic N) is 4. The van der Waals surface area contributed by atoms with Crippen molar-refractivity contribution in [1.82, 2.24) is 25.3 Å². The van der Waals surface area contributed by atoms with Crippen LogP contribution in [0.4, 0.5) is 22.0 Å². The van der Waals surface area contributed by atoms with E-state index in [0.717, 1.165) is 6.07 Å².